The number of nitrogens with zero attached hydrogens (tertiary/aromatic N) is 3. The zero-order valence-corrected chi connectivity index (χ0v) is 13.6. The molecular weight excluding hydrogens is 322 g/mol. The van der Waals surface area contributed by atoms with E-state index in [0.29, 0.717) is 11.2 Å². The van der Waals surface area contributed by atoms with Crippen LogP contribution in [0.3, 0.4) is 0 Å². The van der Waals surface area contributed by atoms with Crippen molar-refractivity contribution >= 4 is 23.4 Å². The van der Waals surface area contributed by atoms with Crippen molar-refractivity contribution in [1.82, 2.24) is 19.9 Å². The summed E-state index contributed by atoms with van der Waals surface area (Å²) in [6.45, 7) is 1.53. The fourth-order valence-electron chi connectivity index (χ4n) is 2.35. The van der Waals surface area contributed by atoms with E-state index in [1.807, 2.05) is 18.2 Å². The third-order valence-electron chi connectivity index (χ3n) is 3.50. The van der Waals surface area contributed by atoms with E-state index in [4.69, 9.17) is 5.11 Å². The number of anilines is 1. The molecule has 0 unspecified atom stereocenters. The minimum Gasteiger partial charge on any atom is -0.395 e. The van der Waals surface area contributed by atoms with Crippen LogP contribution in [0.5, 0.6) is 0 Å². The Balaban J connectivity index is 1.83. The molecule has 0 saturated carbocycles. The molecule has 0 fully saturated rings. The number of benzene rings is 1. The van der Waals surface area contributed by atoms with Gasteiger partial charge in [-0.25, -0.2) is 4.52 Å². The summed E-state index contributed by atoms with van der Waals surface area (Å²) in [4.78, 5) is 27.1. The first-order valence-corrected chi connectivity index (χ1v) is 7.70. The first kappa shape index (κ1) is 16.6. The second-order valence-corrected chi connectivity index (χ2v) is 5.39. The molecule has 3 aromatic rings. The topological polar surface area (TPSA) is 109 Å². The standard InChI is InChI=1S/C17H17N5O3/c1-11(24)19-17-20-15-7-6-14(10-22(15)21-17)12-2-4-13(5-3-12)16(25)18-8-9-23/h2-7,10,23H,8-9H2,1H3,(H,18,25)(H,19,21,24). The predicted molar refractivity (Wildman–Crippen MR) is 92.1 cm³/mol. The molecule has 8 nitrogen and oxygen atoms in total. The number of rotatable bonds is 5. The Morgan fingerprint density at radius 3 is 2.52 bits per heavy atom. The lowest BCUT2D eigenvalue weighted by molar-refractivity contribution is -0.114. The minimum absolute atomic E-state index is 0.0950. The van der Waals surface area contributed by atoms with Crippen LogP contribution in [-0.2, 0) is 4.79 Å². The number of nitrogens with one attached hydrogen (secondary N) is 2. The summed E-state index contributed by atoms with van der Waals surface area (Å²) in [5, 5.41) is 18.1. The average Bonchev–Trinajstić information content (AvgIpc) is 3.00. The van der Waals surface area contributed by atoms with Gasteiger partial charge in [-0.3, -0.25) is 14.9 Å². The van der Waals surface area contributed by atoms with Crippen molar-refractivity contribution in [2.45, 2.75) is 6.92 Å². The first-order chi connectivity index (χ1) is 12.1. The van der Waals surface area contributed by atoms with Crippen molar-refractivity contribution in [3.05, 3.63) is 48.2 Å². The van der Waals surface area contributed by atoms with Gasteiger partial charge in [-0.1, -0.05) is 12.1 Å². The van der Waals surface area contributed by atoms with Crippen molar-refractivity contribution in [3.63, 3.8) is 0 Å². The van der Waals surface area contributed by atoms with Gasteiger partial charge in [0, 0.05) is 30.8 Å². The number of hydrogen-bond acceptors (Lipinski definition) is 5. The van der Waals surface area contributed by atoms with Crippen LogP contribution in [0.4, 0.5) is 5.95 Å². The zero-order valence-electron chi connectivity index (χ0n) is 13.6. The molecule has 0 aliphatic rings. The highest BCUT2D eigenvalue weighted by molar-refractivity contribution is 5.94. The van der Waals surface area contributed by atoms with Crippen LogP contribution < -0.4 is 10.6 Å². The van der Waals surface area contributed by atoms with E-state index >= 15 is 0 Å². The number of aliphatic hydroxyl groups excluding tert-OH is 1. The van der Waals surface area contributed by atoms with Gasteiger partial charge in [-0.15, -0.1) is 5.10 Å². The van der Waals surface area contributed by atoms with Gasteiger partial charge in [0.15, 0.2) is 5.65 Å². The van der Waals surface area contributed by atoms with Crippen LogP contribution >= 0.6 is 0 Å². The highest BCUT2D eigenvalue weighted by Gasteiger charge is 2.08. The number of carbonyl (C=O) groups excluding carboxylic acids is 2. The monoisotopic (exact) mass is 339 g/mol. The summed E-state index contributed by atoms with van der Waals surface area (Å²) in [7, 11) is 0. The molecule has 2 aromatic heterocycles. The highest BCUT2D eigenvalue weighted by Crippen LogP contribution is 2.20. The number of aliphatic hydroxyl groups is 1. The van der Waals surface area contributed by atoms with Gasteiger partial charge in [0.1, 0.15) is 0 Å². The fourth-order valence-corrected chi connectivity index (χ4v) is 2.35. The molecular formula is C17H17N5O3. The van der Waals surface area contributed by atoms with Crippen molar-refractivity contribution in [1.29, 1.82) is 0 Å². The van der Waals surface area contributed by atoms with Crippen LogP contribution in [-0.4, -0.2) is 44.7 Å². The van der Waals surface area contributed by atoms with Gasteiger partial charge in [0.2, 0.25) is 11.9 Å². The number of fused-ring (bicyclic) bond motifs is 1. The predicted octanol–water partition coefficient (Wildman–Crippen LogP) is 1.08. The van der Waals surface area contributed by atoms with Crippen LogP contribution in [0.15, 0.2) is 42.6 Å². The molecule has 8 heteroatoms. The fraction of sp³-hybridized carbons (Fsp3) is 0.176. The maximum absolute atomic E-state index is 11.8. The van der Waals surface area contributed by atoms with Crippen LogP contribution in [0.1, 0.15) is 17.3 Å². The smallest absolute Gasteiger partial charge is 0.251 e. The van der Waals surface area contributed by atoms with Gasteiger partial charge in [0.25, 0.3) is 5.91 Å². The SMILES string of the molecule is CC(=O)Nc1nc2ccc(-c3ccc(C(=O)NCCO)cc3)cn2n1. The number of amides is 2. The quantitative estimate of drug-likeness (QED) is 0.644. The molecule has 2 amide bonds. The van der Waals surface area contributed by atoms with Gasteiger partial charge < -0.3 is 10.4 Å². The van der Waals surface area contributed by atoms with Crippen molar-refractivity contribution in [3.8, 4) is 11.1 Å². The molecule has 0 atom stereocenters. The molecule has 25 heavy (non-hydrogen) atoms. The lowest BCUT2D eigenvalue weighted by Gasteiger charge is -2.05. The van der Waals surface area contributed by atoms with Crippen LogP contribution in [0.25, 0.3) is 16.8 Å². The molecule has 128 valence electrons. The van der Waals surface area contributed by atoms with E-state index in [0.717, 1.165) is 11.1 Å². The molecule has 0 aliphatic carbocycles. The second kappa shape index (κ2) is 7.10. The lowest BCUT2D eigenvalue weighted by Crippen LogP contribution is -2.26. The number of carbonyl (C=O) groups is 2. The Bertz CT molecular complexity index is 918. The van der Waals surface area contributed by atoms with Crippen molar-refractivity contribution < 1.29 is 14.7 Å². The summed E-state index contributed by atoms with van der Waals surface area (Å²) < 4.78 is 1.59. The molecule has 3 N–H and O–H groups in total. The summed E-state index contributed by atoms with van der Waals surface area (Å²) in [6.07, 6.45) is 1.80. The lowest BCUT2D eigenvalue weighted by atomic mass is 10.1. The molecule has 2 heterocycles. The summed E-state index contributed by atoms with van der Waals surface area (Å²) in [6, 6.07) is 10.8. The van der Waals surface area contributed by atoms with E-state index in [1.54, 1.807) is 28.9 Å². The Kier molecular flexibility index (Phi) is 4.71. The van der Waals surface area contributed by atoms with Crippen LogP contribution in [0, 0.1) is 0 Å². The maximum Gasteiger partial charge on any atom is 0.251 e. The number of aromatic nitrogens is 3. The van der Waals surface area contributed by atoms with Gasteiger partial charge in [-0.05, 0) is 29.8 Å². The third-order valence-corrected chi connectivity index (χ3v) is 3.50. The first-order valence-electron chi connectivity index (χ1n) is 7.70. The normalized spacial score (nSPS) is 10.6. The van der Waals surface area contributed by atoms with Crippen molar-refractivity contribution in [2.24, 2.45) is 0 Å². The average molecular weight is 339 g/mol. The van der Waals surface area contributed by atoms with Crippen molar-refractivity contribution in [2.75, 3.05) is 18.5 Å². The molecule has 0 bridgehead atoms. The van der Waals surface area contributed by atoms with E-state index in [-0.39, 0.29) is 30.9 Å². The zero-order chi connectivity index (χ0) is 17.8. The highest BCUT2D eigenvalue weighted by atomic mass is 16.3. The number of hydrogen-bond donors (Lipinski definition) is 3. The molecule has 3 rings (SSSR count). The molecule has 1 aromatic carbocycles. The number of pyridine rings is 1. The Hall–Kier alpha value is -3.26. The van der Waals surface area contributed by atoms with E-state index in [1.165, 1.54) is 6.92 Å². The molecule has 0 saturated heterocycles. The van der Waals surface area contributed by atoms with Gasteiger partial charge in [0.05, 0.1) is 6.61 Å². The van der Waals surface area contributed by atoms with Crippen LogP contribution in [0.2, 0.25) is 0 Å². The molecule has 0 radical (unpaired) electrons. The third kappa shape index (κ3) is 3.81. The van der Waals surface area contributed by atoms with E-state index in [9.17, 15) is 9.59 Å². The Morgan fingerprint density at radius 2 is 1.84 bits per heavy atom. The van der Waals surface area contributed by atoms with E-state index < -0.39 is 0 Å². The largest absolute Gasteiger partial charge is 0.395 e. The van der Waals surface area contributed by atoms with E-state index in [2.05, 4.69) is 20.7 Å². The van der Waals surface area contributed by atoms with Gasteiger partial charge in [-0.2, -0.15) is 4.98 Å². The summed E-state index contributed by atoms with van der Waals surface area (Å²) >= 11 is 0. The Labute approximate surface area is 143 Å². The maximum atomic E-state index is 11.8. The summed E-state index contributed by atoms with van der Waals surface area (Å²) in [5.41, 5.74) is 2.95. The summed E-state index contributed by atoms with van der Waals surface area (Å²) in [5.74, 6) is -0.209. The second-order valence-electron chi connectivity index (χ2n) is 5.39. The molecule has 0 spiro atoms. The Morgan fingerprint density at radius 1 is 1.12 bits per heavy atom. The van der Waals surface area contributed by atoms with Gasteiger partial charge >= 0.3 is 0 Å². The minimum atomic E-state index is -0.230. The molecule has 0 aliphatic heterocycles.